The number of hydrogen-bond donors (Lipinski definition) is 0. The molecular formula is C12H14FNO3. The number of nitro benzene ring substituents is 1. The van der Waals surface area contributed by atoms with Gasteiger partial charge in [0.15, 0.2) is 5.75 Å². The lowest BCUT2D eigenvalue weighted by Crippen LogP contribution is -2.14. The van der Waals surface area contributed by atoms with Gasteiger partial charge in [0.25, 0.3) is 0 Å². The number of halogens is 1. The third kappa shape index (κ3) is 2.72. The van der Waals surface area contributed by atoms with E-state index in [0.29, 0.717) is 12.5 Å². The molecule has 0 bridgehead atoms. The molecule has 0 radical (unpaired) electrons. The molecule has 0 N–H and O–H groups in total. The standard InChI is InChI=1S/C12H14FNO3/c13-10-5-2-6-11(12(10)14(15)16)17-8-7-9-3-1-4-9/h2,5-6,9H,1,3-4,7-8H2. The Morgan fingerprint density at radius 2 is 2.24 bits per heavy atom. The van der Waals surface area contributed by atoms with Crippen LogP contribution in [0.2, 0.25) is 0 Å². The highest BCUT2D eigenvalue weighted by molar-refractivity contribution is 5.47. The Hall–Kier alpha value is -1.65. The van der Waals surface area contributed by atoms with Crippen molar-refractivity contribution in [3.8, 4) is 5.75 Å². The SMILES string of the molecule is O=[N+]([O-])c1c(F)cccc1OCCC1CCC1. The molecule has 0 atom stereocenters. The number of nitrogens with zero attached hydrogens (tertiary/aromatic N) is 1. The predicted molar refractivity (Wildman–Crippen MR) is 60.5 cm³/mol. The minimum Gasteiger partial charge on any atom is -0.487 e. The van der Waals surface area contributed by atoms with Crippen molar-refractivity contribution < 1.29 is 14.1 Å². The van der Waals surface area contributed by atoms with Crippen molar-refractivity contribution >= 4 is 5.69 Å². The average molecular weight is 239 g/mol. The molecule has 0 heterocycles. The van der Waals surface area contributed by atoms with E-state index in [1.54, 1.807) is 0 Å². The van der Waals surface area contributed by atoms with Crippen molar-refractivity contribution in [2.75, 3.05) is 6.61 Å². The number of benzene rings is 1. The zero-order valence-corrected chi connectivity index (χ0v) is 9.39. The predicted octanol–water partition coefficient (Wildman–Crippen LogP) is 3.30. The van der Waals surface area contributed by atoms with E-state index in [9.17, 15) is 14.5 Å². The molecule has 0 aromatic heterocycles. The van der Waals surface area contributed by atoms with Gasteiger partial charge in [0.2, 0.25) is 5.82 Å². The molecule has 17 heavy (non-hydrogen) atoms. The molecule has 1 fully saturated rings. The monoisotopic (exact) mass is 239 g/mol. The highest BCUT2D eigenvalue weighted by atomic mass is 19.1. The zero-order chi connectivity index (χ0) is 12.3. The molecule has 4 nitrogen and oxygen atoms in total. The summed E-state index contributed by atoms with van der Waals surface area (Å²) in [5.41, 5.74) is -0.568. The van der Waals surface area contributed by atoms with E-state index in [1.807, 2.05) is 0 Å². The molecule has 92 valence electrons. The van der Waals surface area contributed by atoms with Crippen LogP contribution in [-0.4, -0.2) is 11.5 Å². The van der Waals surface area contributed by atoms with Crippen LogP contribution in [-0.2, 0) is 0 Å². The quantitative estimate of drug-likeness (QED) is 0.585. The van der Waals surface area contributed by atoms with Crippen LogP contribution in [0.1, 0.15) is 25.7 Å². The summed E-state index contributed by atoms with van der Waals surface area (Å²) >= 11 is 0. The maximum Gasteiger partial charge on any atom is 0.346 e. The second-order valence-corrected chi connectivity index (χ2v) is 4.28. The van der Waals surface area contributed by atoms with E-state index >= 15 is 0 Å². The Morgan fingerprint density at radius 3 is 2.82 bits per heavy atom. The number of rotatable bonds is 5. The molecule has 0 unspecified atom stereocenters. The summed E-state index contributed by atoms with van der Waals surface area (Å²) in [6, 6.07) is 3.92. The molecule has 0 aliphatic heterocycles. The van der Waals surface area contributed by atoms with E-state index in [0.717, 1.165) is 12.5 Å². The summed E-state index contributed by atoms with van der Waals surface area (Å²) in [7, 11) is 0. The summed E-state index contributed by atoms with van der Waals surface area (Å²) in [4.78, 5) is 9.95. The third-order valence-corrected chi connectivity index (χ3v) is 3.14. The number of hydrogen-bond acceptors (Lipinski definition) is 3. The van der Waals surface area contributed by atoms with Gasteiger partial charge in [-0.3, -0.25) is 10.1 Å². The van der Waals surface area contributed by atoms with Crippen molar-refractivity contribution in [2.45, 2.75) is 25.7 Å². The fourth-order valence-corrected chi connectivity index (χ4v) is 1.91. The summed E-state index contributed by atoms with van der Waals surface area (Å²) < 4.78 is 18.5. The fourth-order valence-electron chi connectivity index (χ4n) is 1.91. The third-order valence-electron chi connectivity index (χ3n) is 3.14. The van der Waals surface area contributed by atoms with Crippen LogP contribution < -0.4 is 4.74 Å². The first-order valence-corrected chi connectivity index (χ1v) is 5.74. The lowest BCUT2D eigenvalue weighted by molar-refractivity contribution is -0.388. The molecule has 0 saturated heterocycles. The molecule has 2 rings (SSSR count). The molecule has 1 aromatic rings. The highest BCUT2D eigenvalue weighted by Gasteiger charge is 2.22. The van der Waals surface area contributed by atoms with E-state index in [2.05, 4.69) is 0 Å². The van der Waals surface area contributed by atoms with Gasteiger partial charge in [-0.05, 0) is 24.5 Å². The molecule has 0 amide bonds. The summed E-state index contributed by atoms with van der Waals surface area (Å²) in [6.07, 6.45) is 4.54. The summed E-state index contributed by atoms with van der Waals surface area (Å²) in [5.74, 6) is -0.159. The molecule has 1 saturated carbocycles. The van der Waals surface area contributed by atoms with Gasteiger partial charge in [0, 0.05) is 0 Å². The maximum atomic E-state index is 13.2. The summed E-state index contributed by atoms with van der Waals surface area (Å²) in [5, 5.41) is 10.7. The van der Waals surface area contributed by atoms with Gasteiger partial charge < -0.3 is 4.74 Å². The number of nitro groups is 1. The Kier molecular flexibility index (Phi) is 3.56. The average Bonchev–Trinajstić information content (AvgIpc) is 2.21. The van der Waals surface area contributed by atoms with Gasteiger partial charge in [0.1, 0.15) is 0 Å². The van der Waals surface area contributed by atoms with Crippen LogP contribution >= 0.6 is 0 Å². The molecular weight excluding hydrogens is 225 g/mol. The van der Waals surface area contributed by atoms with Gasteiger partial charge in [-0.2, -0.15) is 4.39 Å². The topological polar surface area (TPSA) is 52.4 Å². The number of para-hydroxylation sites is 1. The lowest BCUT2D eigenvalue weighted by Gasteiger charge is -2.24. The maximum absolute atomic E-state index is 13.2. The summed E-state index contributed by atoms with van der Waals surface area (Å²) in [6.45, 7) is 0.412. The van der Waals surface area contributed by atoms with Crippen LogP contribution in [0.5, 0.6) is 5.75 Å². The molecule has 1 aliphatic rings. The molecule has 1 aromatic carbocycles. The van der Waals surface area contributed by atoms with E-state index in [4.69, 9.17) is 4.74 Å². The van der Waals surface area contributed by atoms with Crippen molar-refractivity contribution in [1.82, 2.24) is 0 Å². The molecule has 1 aliphatic carbocycles. The van der Waals surface area contributed by atoms with Crippen LogP contribution in [0.15, 0.2) is 18.2 Å². The first-order valence-electron chi connectivity index (χ1n) is 5.74. The normalized spacial score (nSPS) is 15.4. The highest BCUT2D eigenvalue weighted by Crippen LogP contribution is 2.32. The van der Waals surface area contributed by atoms with Gasteiger partial charge in [0.05, 0.1) is 11.5 Å². The first kappa shape index (κ1) is 11.8. The van der Waals surface area contributed by atoms with Crippen LogP contribution in [0.3, 0.4) is 0 Å². The van der Waals surface area contributed by atoms with E-state index < -0.39 is 16.4 Å². The van der Waals surface area contributed by atoms with Gasteiger partial charge in [-0.15, -0.1) is 0 Å². The lowest BCUT2D eigenvalue weighted by atomic mass is 9.83. The van der Waals surface area contributed by atoms with Crippen molar-refractivity contribution in [3.05, 3.63) is 34.1 Å². The first-order chi connectivity index (χ1) is 8.18. The van der Waals surface area contributed by atoms with Gasteiger partial charge in [-0.25, -0.2) is 0 Å². The van der Waals surface area contributed by atoms with Crippen LogP contribution in [0.25, 0.3) is 0 Å². The Bertz CT molecular complexity index is 418. The van der Waals surface area contributed by atoms with Crippen molar-refractivity contribution in [2.24, 2.45) is 5.92 Å². The smallest absolute Gasteiger partial charge is 0.346 e. The second-order valence-electron chi connectivity index (χ2n) is 4.28. The zero-order valence-electron chi connectivity index (χ0n) is 9.39. The molecule has 0 spiro atoms. The van der Waals surface area contributed by atoms with Gasteiger partial charge >= 0.3 is 5.69 Å². The fraction of sp³-hybridized carbons (Fsp3) is 0.500. The Labute approximate surface area is 98.5 Å². The Balaban J connectivity index is 1.98. The molecule has 5 heteroatoms. The van der Waals surface area contributed by atoms with E-state index in [1.165, 1.54) is 31.4 Å². The Morgan fingerprint density at radius 1 is 1.47 bits per heavy atom. The minimum atomic E-state index is -0.851. The number of ether oxygens (including phenoxy) is 1. The van der Waals surface area contributed by atoms with Crippen molar-refractivity contribution in [3.63, 3.8) is 0 Å². The van der Waals surface area contributed by atoms with Gasteiger partial charge in [-0.1, -0.05) is 25.3 Å². The van der Waals surface area contributed by atoms with Crippen molar-refractivity contribution in [1.29, 1.82) is 0 Å². The van der Waals surface area contributed by atoms with Crippen LogP contribution in [0, 0.1) is 21.8 Å². The minimum absolute atomic E-state index is 0.0225. The largest absolute Gasteiger partial charge is 0.487 e. The second kappa shape index (κ2) is 5.12. The van der Waals surface area contributed by atoms with Crippen LogP contribution in [0.4, 0.5) is 10.1 Å². The van der Waals surface area contributed by atoms with E-state index in [-0.39, 0.29) is 5.75 Å².